The maximum Gasteiger partial charge on any atom is 0.340 e. The number of rotatable bonds is 8. The Balaban J connectivity index is 2.08. The summed E-state index contributed by atoms with van der Waals surface area (Å²) in [7, 11) is 2.08. The molecule has 1 aromatic carbocycles. The van der Waals surface area contributed by atoms with Gasteiger partial charge in [0.15, 0.2) is 0 Å². The summed E-state index contributed by atoms with van der Waals surface area (Å²) in [6.07, 6.45) is -0.211. The average molecular weight is 386 g/mol. The van der Waals surface area contributed by atoms with Crippen LogP contribution in [0.25, 0.3) is 0 Å². The molecule has 0 radical (unpaired) electrons. The van der Waals surface area contributed by atoms with E-state index in [2.05, 4.69) is 41.3 Å². The first-order chi connectivity index (χ1) is 13.2. The summed E-state index contributed by atoms with van der Waals surface area (Å²) in [6.45, 7) is 11.5. The van der Waals surface area contributed by atoms with Gasteiger partial charge in [0.05, 0.1) is 11.7 Å². The predicted molar refractivity (Wildman–Crippen MR) is 110 cm³/mol. The molecule has 0 aliphatic heterocycles. The van der Waals surface area contributed by atoms with Crippen molar-refractivity contribution in [2.75, 3.05) is 13.6 Å². The van der Waals surface area contributed by atoms with Gasteiger partial charge in [0.1, 0.15) is 5.69 Å². The molecule has 2 rings (SSSR count). The van der Waals surface area contributed by atoms with Crippen molar-refractivity contribution in [3.63, 3.8) is 0 Å². The van der Waals surface area contributed by atoms with Crippen molar-refractivity contribution < 1.29 is 14.3 Å². The highest BCUT2D eigenvalue weighted by atomic mass is 16.5. The second-order valence-corrected chi connectivity index (χ2v) is 7.41. The van der Waals surface area contributed by atoms with Crippen LogP contribution < -0.4 is 5.32 Å². The van der Waals surface area contributed by atoms with E-state index in [9.17, 15) is 9.59 Å². The van der Waals surface area contributed by atoms with Crippen LogP contribution in [0.3, 0.4) is 0 Å². The number of benzene rings is 1. The molecule has 0 atom stereocenters. The molecule has 0 aliphatic carbocycles. The number of hydrogen-bond acceptors (Lipinski definition) is 4. The number of H-pyrrole nitrogens is 1. The number of hydrogen-bond donors (Lipinski definition) is 2. The first-order valence-electron chi connectivity index (χ1n) is 9.67. The van der Waals surface area contributed by atoms with Gasteiger partial charge in [-0.15, -0.1) is 0 Å². The van der Waals surface area contributed by atoms with Crippen LogP contribution in [0.15, 0.2) is 24.3 Å². The Bertz CT molecular complexity index is 840. The van der Waals surface area contributed by atoms with Crippen molar-refractivity contribution in [1.29, 1.82) is 0 Å². The number of amides is 1. The minimum atomic E-state index is -0.409. The SMILES string of the molecule is CCN(C)Cc1cccc(CNC(=O)c2[nH]c(C)c(C(=O)OC(C)C)c2C)c1. The minimum Gasteiger partial charge on any atom is -0.459 e. The van der Waals surface area contributed by atoms with Crippen molar-refractivity contribution in [2.24, 2.45) is 0 Å². The number of esters is 1. The third-order valence-corrected chi connectivity index (χ3v) is 4.65. The molecule has 2 aromatic rings. The Hall–Kier alpha value is -2.60. The van der Waals surface area contributed by atoms with Gasteiger partial charge >= 0.3 is 5.97 Å². The van der Waals surface area contributed by atoms with E-state index in [1.165, 1.54) is 5.56 Å². The zero-order valence-electron chi connectivity index (χ0n) is 17.7. The highest BCUT2D eigenvalue weighted by molar-refractivity contribution is 6.00. The summed E-state index contributed by atoms with van der Waals surface area (Å²) < 4.78 is 5.28. The van der Waals surface area contributed by atoms with Gasteiger partial charge in [-0.1, -0.05) is 31.2 Å². The molecular weight excluding hydrogens is 354 g/mol. The molecule has 0 saturated heterocycles. The standard InChI is InChI=1S/C22H31N3O3/c1-7-25(6)13-18-10-8-9-17(11-18)12-23-21(26)20-15(4)19(16(5)24-20)22(27)28-14(2)3/h8-11,14,24H,7,12-13H2,1-6H3,(H,23,26). The summed E-state index contributed by atoms with van der Waals surface area (Å²) >= 11 is 0. The third kappa shape index (κ3) is 5.45. The maximum atomic E-state index is 12.7. The molecule has 1 amide bonds. The van der Waals surface area contributed by atoms with E-state index in [-0.39, 0.29) is 12.0 Å². The van der Waals surface area contributed by atoms with Crippen LogP contribution in [0, 0.1) is 13.8 Å². The molecule has 0 fully saturated rings. The normalized spacial score (nSPS) is 11.1. The van der Waals surface area contributed by atoms with E-state index in [4.69, 9.17) is 4.74 Å². The maximum absolute atomic E-state index is 12.7. The van der Waals surface area contributed by atoms with E-state index in [1.54, 1.807) is 27.7 Å². The van der Waals surface area contributed by atoms with Gasteiger partial charge in [0.25, 0.3) is 5.91 Å². The van der Waals surface area contributed by atoms with Crippen LogP contribution in [0.5, 0.6) is 0 Å². The molecule has 1 aromatic heterocycles. The number of carbonyl (C=O) groups is 2. The molecule has 6 heteroatoms. The van der Waals surface area contributed by atoms with E-state index in [1.807, 2.05) is 12.1 Å². The van der Waals surface area contributed by atoms with Crippen LogP contribution >= 0.6 is 0 Å². The zero-order chi connectivity index (χ0) is 20.8. The molecule has 152 valence electrons. The summed E-state index contributed by atoms with van der Waals surface area (Å²) in [4.78, 5) is 30.2. The van der Waals surface area contributed by atoms with Crippen molar-refractivity contribution in [1.82, 2.24) is 15.2 Å². The molecule has 6 nitrogen and oxygen atoms in total. The first kappa shape index (κ1) is 21.7. The Kier molecular flexibility index (Phi) is 7.40. The van der Waals surface area contributed by atoms with E-state index in [0.29, 0.717) is 29.1 Å². The lowest BCUT2D eigenvalue weighted by Gasteiger charge is -2.14. The topological polar surface area (TPSA) is 74.4 Å². The Morgan fingerprint density at radius 2 is 1.89 bits per heavy atom. The molecule has 0 unspecified atom stereocenters. The molecule has 0 aliphatic rings. The van der Waals surface area contributed by atoms with Crippen LogP contribution in [-0.2, 0) is 17.8 Å². The number of carbonyl (C=O) groups excluding carboxylic acids is 2. The predicted octanol–water partition coefficient (Wildman–Crippen LogP) is 3.58. The highest BCUT2D eigenvalue weighted by Gasteiger charge is 2.23. The highest BCUT2D eigenvalue weighted by Crippen LogP contribution is 2.20. The first-order valence-corrected chi connectivity index (χ1v) is 9.67. The van der Waals surface area contributed by atoms with Gasteiger partial charge in [-0.25, -0.2) is 4.79 Å². The lowest BCUT2D eigenvalue weighted by molar-refractivity contribution is 0.0376. The molecule has 28 heavy (non-hydrogen) atoms. The second-order valence-electron chi connectivity index (χ2n) is 7.41. The molecule has 0 saturated carbocycles. The Morgan fingerprint density at radius 3 is 2.54 bits per heavy atom. The van der Waals surface area contributed by atoms with Crippen molar-refractivity contribution in [2.45, 2.75) is 53.8 Å². The number of ether oxygens (including phenoxy) is 1. The number of nitrogens with zero attached hydrogens (tertiary/aromatic N) is 1. The van der Waals surface area contributed by atoms with Crippen LogP contribution in [0.4, 0.5) is 0 Å². The summed E-state index contributed by atoms with van der Waals surface area (Å²) in [5.74, 6) is -0.645. The van der Waals surface area contributed by atoms with E-state index >= 15 is 0 Å². The zero-order valence-corrected chi connectivity index (χ0v) is 17.7. The van der Waals surface area contributed by atoms with Crippen molar-refractivity contribution >= 4 is 11.9 Å². The fraction of sp³-hybridized carbons (Fsp3) is 0.455. The van der Waals surface area contributed by atoms with Gasteiger partial charge in [-0.05, 0) is 58.0 Å². The van der Waals surface area contributed by atoms with E-state index < -0.39 is 5.97 Å². The minimum absolute atomic E-state index is 0.211. The molecule has 0 bridgehead atoms. The largest absolute Gasteiger partial charge is 0.459 e. The summed E-state index contributed by atoms with van der Waals surface area (Å²) in [5.41, 5.74) is 4.33. The van der Waals surface area contributed by atoms with Gasteiger partial charge in [0.2, 0.25) is 0 Å². The van der Waals surface area contributed by atoms with Crippen LogP contribution in [0.1, 0.15) is 64.0 Å². The van der Waals surface area contributed by atoms with E-state index in [0.717, 1.165) is 18.7 Å². The quantitative estimate of drug-likeness (QED) is 0.681. The van der Waals surface area contributed by atoms with Gasteiger partial charge < -0.3 is 19.9 Å². The molecule has 2 N–H and O–H groups in total. The Labute approximate surface area is 167 Å². The lowest BCUT2D eigenvalue weighted by Crippen LogP contribution is -2.24. The van der Waals surface area contributed by atoms with Crippen LogP contribution in [0.2, 0.25) is 0 Å². The molecule has 1 heterocycles. The third-order valence-electron chi connectivity index (χ3n) is 4.65. The molecule has 0 spiro atoms. The number of aromatic amines is 1. The van der Waals surface area contributed by atoms with Crippen molar-refractivity contribution in [3.8, 4) is 0 Å². The van der Waals surface area contributed by atoms with Crippen molar-refractivity contribution in [3.05, 3.63) is 57.9 Å². The fourth-order valence-corrected chi connectivity index (χ4v) is 3.09. The number of aryl methyl sites for hydroxylation is 1. The Morgan fingerprint density at radius 1 is 1.21 bits per heavy atom. The van der Waals surface area contributed by atoms with Crippen LogP contribution in [-0.4, -0.2) is 41.5 Å². The lowest BCUT2D eigenvalue weighted by atomic mass is 10.1. The number of nitrogens with one attached hydrogen (secondary N) is 2. The smallest absolute Gasteiger partial charge is 0.340 e. The van der Waals surface area contributed by atoms with Gasteiger partial charge in [-0.2, -0.15) is 0 Å². The second kappa shape index (κ2) is 9.55. The van der Waals surface area contributed by atoms with Gasteiger partial charge in [-0.3, -0.25) is 4.79 Å². The monoisotopic (exact) mass is 385 g/mol. The van der Waals surface area contributed by atoms with Gasteiger partial charge in [0, 0.05) is 18.8 Å². The molecular formula is C22H31N3O3. The fourth-order valence-electron chi connectivity index (χ4n) is 3.09. The average Bonchev–Trinajstić information content (AvgIpc) is 2.93. The number of aromatic nitrogens is 1. The summed E-state index contributed by atoms with van der Waals surface area (Å²) in [5, 5.41) is 2.93. The summed E-state index contributed by atoms with van der Waals surface area (Å²) in [6, 6.07) is 8.19.